The van der Waals surface area contributed by atoms with Crippen LogP contribution in [0.2, 0.25) is 0 Å². The Morgan fingerprint density at radius 1 is 1.17 bits per heavy atom. The third-order valence-electron chi connectivity index (χ3n) is 3.70. The summed E-state index contributed by atoms with van der Waals surface area (Å²) in [5, 5.41) is 16.1. The van der Waals surface area contributed by atoms with Crippen molar-refractivity contribution in [2.45, 2.75) is 33.4 Å². The maximum Gasteiger partial charge on any atom is 0.270 e. The number of carbonyl (C=O) groups is 2. The lowest BCUT2D eigenvalue weighted by Crippen LogP contribution is -2.33. The first-order valence-corrected chi connectivity index (χ1v) is 9.02. The van der Waals surface area contributed by atoms with E-state index in [-0.39, 0.29) is 24.0 Å². The van der Waals surface area contributed by atoms with Crippen molar-refractivity contribution in [1.29, 1.82) is 0 Å². The number of ether oxygens (including phenoxy) is 1. The van der Waals surface area contributed by atoms with Crippen molar-refractivity contribution in [3.63, 3.8) is 0 Å². The molecule has 0 aromatic heterocycles. The molecule has 8 heteroatoms. The smallest absolute Gasteiger partial charge is 0.270 e. The van der Waals surface area contributed by atoms with E-state index in [1.54, 1.807) is 6.07 Å². The fraction of sp³-hybridized carbons (Fsp3) is 0.238. The van der Waals surface area contributed by atoms with E-state index in [1.165, 1.54) is 31.2 Å². The summed E-state index contributed by atoms with van der Waals surface area (Å²) < 4.78 is 5.58. The zero-order valence-electron chi connectivity index (χ0n) is 16.5. The summed E-state index contributed by atoms with van der Waals surface area (Å²) in [6.07, 6.45) is 1.46. The SMILES string of the molecule is CC(=O)N/C(=C/c1cccc([N+](=O)[O-])c1)C(=O)NCc1ccc(OC(C)C)cc1. The highest BCUT2D eigenvalue weighted by molar-refractivity contribution is 6.00. The molecule has 2 aromatic rings. The van der Waals surface area contributed by atoms with Gasteiger partial charge in [-0.15, -0.1) is 0 Å². The van der Waals surface area contributed by atoms with Crippen molar-refractivity contribution in [2.75, 3.05) is 0 Å². The molecule has 2 rings (SSSR count). The van der Waals surface area contributed by atoms with E-state index in [4.69, 9.17) is 4.74 Å². The molecule has 0 aliphatic carbocycles. The largest absolute Gasteiger partial charge is 0.491 e. The zero-order chi connectivity index (χ0) is 21.4. The summed E-state index contributed by atoms with van der Waals surface area (Å²) in [7, 11) is 0. The number of nitro benzene ring substituents is 1. The molecule has 2 amide bonds. The quantitative estimate of drug-likeness (QED) is 0.404. The number of nitro groups is 1. The van der Waals surface area contributed by atoms with Gasteiger partial charge in [0.1, 0.15) is 11.4 Å². The number of hydrogen-bond donors (Lipinski definition) is 2. The number of rotatable bonds is 8. The van der Waals surface area contributed by atoms with Crippen LogP contribution in [-0.2, 0) is 16.1 Å². The van der Waals surface area contributed by atoms with Crippen LogP contribution < -0.4 is 15.4 Å². The van der Waals surface area contributed by atoms with Crippen LogP contribution in [0.15, 0.2) is 54.2 Å². The van der Waals surface area contributed by atoms with Gasteiger partial charge >= 0.3 is 0 Å². The van der Waals surface area contributed by atoms with Crippen LogP contribution in [0, 0.1) is 10.1 Å². The van der Waals surface area contributed by atoms with E-state index in [0.717, 1.165) is 11.3 Å². The van der Waals surface area contributed by atoms with Crippen molar-refractivity contribution in [2.24, 2.45) is 0 Å². The minimum Gasteiger partial charge on any atom is -0.491 e. The van der Waals surface area contributed by atoms with Crippen LogP contribution in [0.25, 0.3) is 6.08 Å². The second kappa shape index (κ2) is 10.0. The molecule has 0 unspecified atom stereocenters. The summed E-state index contributed by atoms with van der Waals surface area (Å²) >= 11 is 0. The summed E-state index contributed by atoms with van der Waals surface area (Å²) in [5.74, 6) is -0.194. The van der Waals surface area contributed by atoms with E-state index in [2.05, 4.69) is 10.6 Å². The van der Waals surface area contributed by atoms with Gasteiger partial charge in [-0.25, -0.2) is 0 Å². The first kappa shape index (κ1) is 21.6. The molecule has 0 saturated carbocycles. The number of non-ortho nitro benzene ring substituents is 1. The predicted octanol–water partition coefficient (Wildman–Crippen LogP) is 3.18. The predicted molar refractivity (Wildman–Crippen MR) is 109 cm³/mol. The molecule has 8 nitrogen and oxygen atoms in total. The van der Waals surface area contributed by atoms with Crippen LogP contribution in [0.5, 0.6) is 5.75 Å². The highest BCUT2D eigenvalue weighted by Crippen LogP contribution is 2.16. The van der Waals surface area contributed by atoms with Gasteiger partial charge in [0.05, 0.1) is 11.0 Å². The highest BCUT2D eigenvalue weighted by atomic mass is 16.6. The van der Waals surface area contributed by atoms with Crippen molar-refractivity contribution in [3.8, 4) is 5.75 Å². The molecule has 0 spiro atoms. The van der Waals surface area contributed by atoms with Crippen LogP contribution in [0.3, 0.4) is 0 Å². The first-order chi connectivity index (χ1) is 13.7. The third-order valence-corrected chi connectivity index (χ3v) is 3.70. The van der Waals surface area contributed by atoms with E-state index in [9.17, 15) is 19.7 Å². The van der Waals surface area contributed by atoms with Crippen LogP contribution in [0.1, 0.15) is 31.9 Å². The monoisotopic (exact) mass is 397 g/mol. The molecular formula is C21H23N3O5. The average molecular weight is 397 g/mol. The molecule has 152 valence electrons. The molecule has 0 radical (unpaired) electrons. The van der Waals surface area contributed by atoms with Gasteiger partial charge in [0.15, 0.2) is 0 Å². The number of carbonyl (C=O) groups excluding carboxylic acids is 2. The molecule has 0 fully saturated rings. The molecule has 2 N–H and O–H groups in total. The lowest BCUT2D eigenvalue weighted by Gasteiger charge is -2.12. The Labute approximate surface area is 168 Å². The second-order valence-electron chi connectivity index (χ2n) is 6.58. The molecule has 0 saturated heterocycles. The molecule has 0 atom stereocenters. The van der Waals surface area contributed by atoms with E-state index >= 15 is 0 Å². The van der Waals surface area contributed by atoms with Gasteiger partial charge in [-0.05, 0) is 43.2 Å². The third kappa shape index (κ3) is 7.10. The second-order valence-corrected chi connectivity index (χ2v) is 6.58. The fourth-order valence-electron chi connectivity index (χ4n) is 2.48. The molecular weight excluding hydrogens is 374 g/mol. The Morgan fingerprint density at radius 2 is 1.86 bits per heavy atom. The van der Waals surface area contributed by atoms with Gasteiger partial charge in [0, 0.05) is 25.6 Å². The van der Waals surface area contributed by atoms with Crippen molar-refractivity contribution < 1.29 is 19.2 Å². The Balaban J connectivity index is 2.11. The van der Waals surface area contributed by atoms with Gasteiger partial charge in [-0.3, -0.25) is 19.7 Å². The minimum absolute atomic E-state index is 0.00207. The minimum atomic E-state index is -0.526. The number of nitrogens with zero attached hydrogens (tertiary/aromatic N) is 1. The molecule has 2 aromatic carbocycles. The van der Waals surface area contributed by atoms with E-state index < -0.39 is 16.7 Å². The summed E-state index contributed by atoms with van der Waals surface area (Å²) in [4.78, 5) is 34.4. The Hall–Kier alpha value is -3.68. The molecule has 29 heavy (non-hydrogen) atoms. The zero-order valence-corrected chi connectivity index (χ0v) is 16.5. The molecule has 0 aliphatic heterocycles. The maximum atomic E-state index is 12.5. The molecule has 0 bridgehead atoms. The summed E-state index contributed by atoms with van der Waals surface area (Å²) in [6, 6.07) is 13.1. The van der Waals surface area contributed by atoms with Gasteiger partial charge < -0.3 is 15.4 Å². The molecule has 0 heterocycles. The number of benzene rings is 2. The number of hydrogen-bond acceptors (Lipinski definition) is 5. The fourth-order valence-corrected chi connectivity index (χ4v) is 2.48. The van der Waals surface area contributed by atoms with Gasteiger partial charge in [-0.1, -0.05) is 24.3 Å². The maximum absolute atomic E-state index is 12.5. The Bertz CT molecular complexity index is 920. The van der Waals surface area contributed by atoms with E-state index in [0.29, 0.717) is 5.56 Å². The average Bonchev–Trinajstić information content (AvgIpc) is 2.66. The van der Waals surface area contributed by atoms with Crippen molar-refractivity contribution in [3.05, 3.63) is 75.5 Å². The Kier molecular flexibility index (Phi) is 7.47. The van der Waals surface area contributed by atoms with Crippen molar-refractivity contribution >= 4 is 23.6 Å². The normalized spacial score (nSPS) is 11.1. The van der Waals surface area contributed by atoms with Crippen LogP contribution in [-0.4, -0.2) is 22.8 Å². The standard InChI is InChI=1S/C21H23N3O5/c1-14(2)29-19-9-7-16(8-10-19)13-22-21(26)20(23-15(3)25)12-17-5-4-6-18(11-17)24(27)28/h4-12,14H,13H2,1-3H3,(H,22,26)(H,23,25)/b20-12+. The highest BCUT2D eigenvalue weighted by Gasteiger charge is 2.12. The van der Waals surface area contributed by atoms with Crippen LogP contribution >= 0.6 is 0 Å². The lowest BCUT2D eigenvalue weighted by atomic mass is 10.1. The van der Waals surface area contributed by atoms with Crippen LogP contribution in [0.4, 0.5) is 5.69 Å². The molecule has 0 aliphatic rings. The number of nitrogens with one attached hydrogen (secondary N) is 2. The Morgan fingerprint density at radius 3 is 2.45 bits per heavy atom. The first-order valence-electron chi connectivity index (χ1n) is 9.02. The van der Waals surface area contributed by atoms with E-state index in [1.807, 2.05) is 38.1 Å². The van der Waals surface area contributed by atoms with Gasteiger partial charge in [0.25, 0.3) is 11.6 Å². The topological polar surface area (TPSA) is 111 Å². The summed E-state index contributed by atoms with van der Waals surface area (Å²) in [5.41, 5.74) is 1.17. The lowest BCUT2D eigenvalue weighted by molar-refractivity contribution is -0.384. The van der Waals surface area contributed by atoms with Gasteiger partial charge in [0.2, 0.25) is 5.91 Å². The number of amides is 2. The summed E-state index contributed by atoms with van der Waals surface area (Å²) in [6.45, 7) is 5.39. The van der Waals surface area contributed by atoms with Crippen molar-refractivity contribution in [1.82, 2.24) is 10.6 Å². The van der Waals surface area contributed by atoms with Gasteiger partial charge in [-0.2, -0.15) is 0 Å².